The molecule has 1 N–H and O–H groups in total. The van der Waals surface area contributed by atoms with Crippen LogP contribution >= 0.6 is 0 Å². The van der Waals surface area contributed by atoms with E-state index in [0.717, 1.165) is 29.9 Å². The summed E-state index contributed by atoms with van der Waals surface area (Å²) in [4.78, 5) is 6.58. The van der Waals surface area contributed by atoms with Crippen molar-refractivity contribution in [3.63, 3.8) is 0 Å². The smallest absolute Gasteiger partial charge is 0.123 e. The normalized spacial score (nSPS) is 21.8. The van der Waals surface area contributed by atoms with Crippen LogP contribution in [-0.4, -0.2) is 46.9 Å². The predicted molar refractivity (Wildman–Crippen MR) is 90.1 cm³/mol. The average Bonchev–Trinajstić information content (AvgIpc) is 2.57. The summed E-state index contributed by atoms with van der Waals surface area (Å²) < 4.78 is 19.3. The first-order valence-corrected chi connectivity index (χ1v) is 8.22. The molecule has 0 amide bonds. The number of halogens is 1. The van der Waals surface area contributed by atoms with Gasteiger partial charge >= 0.3 is 0 Å². The average molecular weight is 330 g/mol. The van der Waals surface area contributed by atoms with Gasteiger partial charge in [-0.2, -0.15) is 0 Å². The molecular formula is C19H23FN2O2. The SMILES string of the molecule is Cc1ccc(CN2CCOC(CO)(Cc3cccc(F)c3)C2)cn1. The predicted octanol–water partition coefficient (Wildman–Crippen LogP) is 2.34. The summed E-state index contributed by atoms with van der Waals surface area (Å²) in [6.45, 7) is 4.60. The maximum Gasteiger partial charge on any atom is 0.123 e. The fourth-order valence-electron chi connectivity index (χ4n) is 3.19. The van der Waals surface area contributed by atoms with Crippen molar-refractivity contribution in [2.45, 2.75) is 25.5 Å². The number of hydrogen-bond acceptors (Lipinski definition) is 4. The molecule has 1 unspecified atom stereocenters. The quantitative estimate of drug-likeness (QED) is 0.914. The van der Waals surface area contributed by atoms with Crippen molar-refractivity contribution in [3.05, 3.63) is 65.2 Å². The van der Waals surface area contributed by atoms with Gasteiger partial charge in [-0.3, -0.25) is 9.88 Å². The van der Waals surface area contributed by atoms with Crippen LogP contribution in [0.5, 0.6) is 0 Å². The Morgan fingerprint density at radius 3 is 2.88 bits per heavy atom. The van der Waals surface area contributed by atoms with Gasteiger partial charge in [0.05, 0.1) is 13.2 Å². The van der Waals surface area contributed by atoms with Crippen molar-refractivity contribution in [2.24, 2.45) is 0 Å². The number of aryl methyl sites for hydroxylation is 1. The van der Waals surface area contributed by atoms with E-state index in [0.29, 0.717) is 19.6 Å². The van der Waals surface area contributed by atoms with Crippen LogP contribution in [0.15, 0.2) is 42.6 Å². The molecule has 0 radical (unpaired) electrons. The first-order valence-electron chi connectivity index (χ1n) is 8.22. The lowest BCUT2D eigenvalue weighted by Gasteiger charge is -2.42. The third-order valence-electron chi connectivity index (χ3n) is 4.41. The molecule has 3 rings (SSSR count). The fourth-order valence-corrected chi connectivity index (χ4v) is 3.19. The van der Waals surface area contributed by atoms with Gasteiger partial charge in [0.25, 0.3) is 0 Å². The minimum atomic E-state index is -0.690. The Kier molecular flexibility index (Phi) is 5.23. The molecule has 1 aromatic carbocycles. The molecule has 5 heteroatoms. The van der Waals surface area contributed by atoms with E-state index in [9.17, 15) is 9.50 Å². The Morgan fingerprint density at radius 1 is 1.29 bits per heavy atom. The zero-order valence-electron chi connectivity index (χ0n) is 13.9. The molecule has 2 aromatic rings. The molecule has 24 heavy (non-hydrogen) atoms. The largest absolute Gasteiger partial charge is 0.393 e. The van der Waals surface area contributed by atoms with Crippen molar-refractivity contribution in [1.29, 1.82) is 0 Å². The molecule has 1 aromatic heterocycles. The van der Waals surface area contributed by atoms with Gasteiger partial charge in [-0.15, -0.1) is 0 Å². The Bertz CT molecular complexity index is 677. The van der Waals surface area contributed by atoms with Crippen molar-refractivity contribution < 1.29 is 14.2 Å². The standard InChI is InChI=1S/C19H23FN2O2/c1-15-5-6-17(11-21-15)12-22-7-8-24-19(13-22,14-23)10-16-3-2-4-18(20)9-16/h2-6,9,11,23H,7-8,10,12-14H2,1H3. The minimum Gasteiger partial charge on any atom is -0.393 e. The molecule has 4 nitrogen and oxygen atoms in total. The van der Waals surface area contributed by atoms with E-state index in [1.54, 1.807) is 6.07 Å². The summed E-state index contributed by atoms with van der Waals surface area (Å²) in [7, 11) is 0. The lowest BCUT2D eigenvalue weighted by molar-refractivity contribution is -0.134. The van der Waals surface area contributed by atoms with E-state index in [1.165, 1.54) is 12.1 Å². The monoisotopic (exact) mass is 330 g/mol. The second kappa shape index (κ2) is 7.38. The molecule has 128 valence electrons. The second-order valence-corrected chi connectivity index (χ2v) is 6.51. The third kappa shape index (κ3) is 4.17. The summed E-state index contributed by atoms with van der Waals surface area (Å²) in [5, 5.41) is 9.93. The molecule has 1 fully saturated rings. The molecule has 2 heterocycles. The molecule has 1 atom stereocenters. The number of hydrogen-bond donors (Lipinski definition) is 1. The number of aliphatic hydroxyl groups is 1. The first kappa shape index (κ1) is 17.0. The van der Waals surface area contributed by atoms with Gasteiger partial charge in [0.1, 0.15) is 11.4 Å². The highest BCUT2D eigenvalue weighted by atomic mass is 19.1. The molecule has 1 aliphatic rings. The maximum absolute atomic E-state index is 13.4. The zero-order chi connectivity index (χ0) is 17.0. The number of ether oxygens (including phenoxy) is 1. The summed E-state index contributed by atoms with van der Waals surface area (Å²) >= 11 is 0. The van der Waals surface area contributed by atoms with Crippen molar-refractivity contribution in [1.82, 2.24) is 9.88 Å². The van der Waals surface area contributed by atoms with Crippen LogP contribution in [0.25, 0.3) is 0 Å². The number of benzene rings is 1. The first-order chi connectivity index (χ1) is 11.6. The van der Waals surface area contributed by atoms with Gasteiger partial charge in [-0.25, -0.2) is 4.39 Å². The molecule has 1 aliphatic heterocycles. The van der Waals surface area contributed by atoms with Crippen LogP contribution in [0.3, 0.4) is 0 Å². The Morgan fingerprint density at radius 2 is 2.17 bits per heavy atom. The lowest BCUT2D eigenvalue weighted by atomic mass is 9.93. The van der Waals surface area contributed by atoms with Crippen molar-refractivity contribution in [3.8, 4) is 0 Å². The Balaban J connectivity index is 1.70. The second-order valence-electron chi connectivity index (χ2n) is 6.51. The Labute approximate surface area is 141 Å². The number of aliphatic hydroxyl groups excluding tert-OH is 1. The van der Waals surface area contributed by atoms with E-state index >= 15 is 0 Å². The number of rotatable bonds is 5. The highest BCUT2D eigenvalue weighted by Crippen LogP contribution is 2.24. The van der Waals surface area contributed by atoms with Gasteiger partial charge in [-0.05, 0) is 36.2 Å². The zero-order valence-corrected chi connectivity index (χ0v) is 13.9. The maximum atomic E-state index is 13.4. The van der Waals surface area contributed by atoms with Crippen molar-refractivity contribution in [2.75, 3.05) is 26.3 Å². The van der Waals surface area contributed by atoms with Gasteiger partial charge < -0.3 is 9.84 Å². The van der Waals surface area contributed by atoms with Crippen LogP contribution in [0.2, 0.25) is 0 Å². The van der Waals surface area contributed by atoms with E-state index < -0.39 is 5.60 Å². The third-order valence-corrected chi connectivity index (χ3v) is 4.41. The molecule has 0 bridgehead atoms. The summed E-state index contributed by atoms with van der Waals surface area (Å²) in [5.74, 6) is -0.265. The summed E-state index contributed by atoms with van der Waals surface area (Å²) in [6, 6.07) is 10.6. The van der Waals surface area contributed by atoms with Gasteiger partial charge in [0, 0.05) is 37.9 Å². The van der Waals surface area contributed by atoms with Crippen LogP contribution in [0, 0.1) is 12.7 Å². The number of pyridine rings is 1. The molecule has 0 saturated carbocycles. The van der Waals surface area contributed by atoms with Crippen molar-refractivity contribution >= 4 is 0 Å². The molecule has 1 saturated heterocycles. The van der Waals surface area contributed by atoms with Crippen LogP contribution < -0.4 is 0 Å². The van der Waals surface area contributed by atoms with Crippen LogP contribution in [0.4, 0.5) is 4.39 Å². The van der Waals surface area contributed by atoms with E-state index in [-0.39, 0.29) is 12.4 Å². The molecular weight excluding hydrogens is 307 g/mol. The minimum absolute atomic E-state index is 0.0911. The molecule has 0 aliphatic carbocycles. The van der Waals surface area contributed by atoms with Gasteiger partial charge in [-0.1, -0.05) is 18.2 Å². The number of morpholine rings is 1. The van der Waals surface area contributed by atoms with E-state index in [4.69, 9.17) is 4.74 Å². The number of nitrogens with zero attached hydrogens (tertiary/aromatic N) is 2. The topological polar surface area (TPSA) is 45.6 Å². The molecule has 0 spiro atoms. The van der Waals surface area contributed by atoms with Crippen LogP contribution in [-0.2, 0) is 17.7 Å². The summed E-state index contributed by atoms with van der Waals surface area (Å²) in [6.07, 6.45) is 2.38. The number of aromatic nitrogens is 1. The Hall–Kier alpha value is -1.82. The van der Waals surface area contributed by atoms with Gasteiger partial charge in [0.15, 0.2) is 0 Å². The lowest BCUT2D eigenvalue weighted by Crippen LogP contribution is -2.55. The highest BCUT2D eigenvalue weighted by Gasteiger charge is 2.36. The van der Waals surface area contributed by atoms with Crippen LogP contribution in [0.1, 0.15) is 16.8 Å². The fraction of sp³-hybridized carbons (Fsp3) is 0.421. The summed E-state index contributed by atoms with van der Waals surface area (Å²) in [5.41, 5.74) is 2.28. The highest BCUT2D eigenvalue weighted by molar-refractivity contribution is 5.19. The van der Waals surface area contributed by atoms with E-state index in [1.807, 2.05) is 25.3 Å². The van der Waals surface area contributed by atoms with Gasteiger partial charge in [0.2, 0.25) is 0 Å². The van der Waals surface area contributed by atoms with E-state index in [2.05, 4.69) is 16.0 Å².